The fourth-order valence-corrected chi connectivity index (χ4v) is 2.89. The summed E-state index contributed by atoms with van der Waals surface area (Å²) in [5, 5.41) is 3.45. The monoisotopic (exact) mass is 295 g/mol. The highest BCUT2D eigenvalue weighted by Gasteiger charge is 2.19. The van der Waals surface area contributed by atoms with Gasteiger partial charge in [0.15, 0.2) is 0 Å². The zero-order chi connectivity index (χ0) is 14.5. The highest BCUT2D eigenvalue weighted by Crippen LogP contribution is 2.22. The fourth-order valence-electron chi connectivity index (χ4n) is 2.71. The summed E-state index contributed by atoms with van der Waals surface area (Å²) in [5.74, 6) is -0.140. The third kappa shape index (κ3) is 3.87. The molecule has 1 aliphatic rings. The van der Waals surface area contributed by atoms with Crippen LogP contribution < -0.4 is 11.1 Å². The molecular formula is C15H22ClN3O. The van der Waals surface area contributed by atoms with Crippen LogP contribution >= 0.6 is 11.6 Å². The predicted octanol–water partition coefficient (Wildman–Crippen LogP) is 2.53. The van der Waals surface area contributed by atoms with Gasteiger partial charge in [-0.15, -0.1) is 0 Å². The van der Waals surface area contributed by atoms with Gasteiger partial charge >= 0.3 is 0 Å². The molecule has 0 aliphatic heterocycles. The summed E-state index contributed by atoms with van der Waals surface area (Å²) in [6.45, 7) is 1.50. The Bertz CT molecular complexity index is 472. The minimum Gasteiger partial charge on any atom is -0.398 e. The van der Waals surface area contributed by atoms with Gasteiger partial charge in [0, 0.05) is 29.8 Å². The van der Waals surface area contributed by atoms with Crippen LogP contribution in [-0.2, 0) is 0 Å². The van der Waals surface area contributed by atoms with Crippen molar-refractivity contribution < 1.29 is 4.79 Å². The van der Waals surface area contributed by atoms with Gasteiger partial charge < -0.3 is 16.0 Å². The molecule has 1 aromatic carbocycles. The van der Waals surface area contributed by atoms with Crippen molar-refractivity contribution in [1.29, 1.82) is 0 Å². The van der Waals surface area contributed by atoms with E-state index in [1.54, 1.807) is 18.2 Å². The number of rotatable bonds is 5. The molecule has 0 radical (unpaired) electrons. The zero-order valence-corrected chi connectivity index (χ0v) is 12.6. The standard InChI is InChI=1S/C15H22ClN3O/c1-19(12-4-2-3-5-12)9-8-18-15(20)13-7-6-11(16)10-14(13)17/h6-7,10,12H,2-5,8-9,17H2,1H3,(H,18,20). The van der Waals surface area contributed by atoms with Crippen molar-refractivity contribution >= 4 is 23.2 Å². The average Bonchev–Trinajstić information content (AvgIpc) is 2.92. The summed E-state index contributed by atoms with van der Waals surface area (Å²) in [7, 11) is 2.12. The lowest BCUT2D eigenvalue weighted by Gasteiger charge is -2.23. The Morgan fingerprint density at radius 1 is 1.45 bits per heavy atom. The number of nitrogens with one attached hydrogen (secondary N) is 1. The Labute approximate surface area is 125 Å². The summed E-state index contributed by atoms with van der Waals surface area (Å²) >= 11 is 5.82. The van der Waals surface area contributed by atoms with Crippen LogP contribution in [0.1, 0.15) is 36.0 Å². The van der Waals surface area contributed by atoms with Crippen LogP contribution in [0.4, 0.5) is 5.69 Å². The van der Waals surface area contributed by atoms with Crippen molar-refractivity contribution in [3.05, 3.63) is 28.8 Å². The van der Waals surface area contributed by atoms with Gasteiger partial charge in [-0.3, -0.25) is 4.79 Å². The lowest BCUT2D eigenvalue weighted by molar-refractivity contribution is 0.0948. The summed E-state index contributed by atoms with van der Waals surface area (Å²) in [5.41, 5.74) is 6.70. The van der Waals surface area contributed by atoms with Crippen molar-refractivity contribution in [3.8, 4) is 0 Å². The first-order chi connectivity index (χ1) is 9.58. The van der Waals surface area contributed by atoms with E-state index < -0.39 is 0 Å². The van der Waals surface area contributed by atoms with Crippen LogP contribution in [0.2, 0.25) is 5.02 Å². The molecule has 3 N–H and O–H groups in total. The minimum absolute atomic E-state index is 0.140. The van der Waals surface area contributed by atoms with Crippen LogP contribution in [0.15, 0.2) is 18.2 Å². The summed E-state index contributed by atoms with van der Waals surface area (Å²) in [4.78, 5) is 14.4. The fraction of sp³-hybridized carbons (Fsp3) is 0.533. The molecule has 0 atom stereocenters. The molecule has 0 heterocycles. The maximum absolute atomic E-state index is 12.0. The van der Waals surface area contributed by atoms with E-state index in [2.05, 4.69) is 17.3 Å². The molecule has 1 fully saturated rings. The topological polar surface area (TPSA) is 58.4 Å². The maximum Gasteiger partial charge on any atom is 0.253 e. The number of likely N-dealkylation sites (N-methyl/N-ethyl adjacent to an activating group) is 1. The van der Waals surface area contributed by atoms with Gasteiger partial charge in [-0.05, 0) is 38.1 Å². The molecule has 4 nitrogen and oxygen atoms in total. The number of amides is 1. The van der Waals surface area contributed by atoms with Crippen LogP contribution in [0.3, 0.4) is 0 Å². The highest BCUT2D eigenvalue weighted by atomic mass is 35.5. The number of hydrogen-bond acceptors (Lipinski definition) is 3. The van der Waals surface area contributed by atoms with E-state index in [1.807, 2.05) is 0 Å². The van der Waals surface area contributed by atoms with Crippen LogP contribution in [0, 0.1) is 0 Å². The largest absolute Gasteiger partial charge is 0.398 e. The van der Waals surface area contributed by atoms with Gasteiger partial charge in [-0.25, -0.2) is 0 Å². The van der Waals surface area contributed by atoms with Crippen molar-refractivity contribution in [2.45, 2.75) is 31.7 Å². The minimum atomic E-state index is -0.140. The third-order valence-electron chi connectivity index (χ3n) is 3.96. The number of hydrogen-bond donors (Lipinski definition) is 2. The Hall–Kier alpha value is -1.26. The van der Waals surface area contributed by atoms with Crippen molar-refractivity contribution in [1.82, 2.24) is 10.2 Å². The Kier molecular flexibility index (Phi) is 5.26. The average molecular weight is 296 g/mol. The molecule has 20 heavy (non-hydrogen) atoms. The molecule has 1 amide bonds. The number of carbonyl (C=O) groups excluding carboxylic acids is 1. The molecule has 2 rings (SSSR count). The lowest BCUT2D eigenvalue weighted by atomic mass is 10.1. The Morgan fingerprint density at radius 3 is 2.80 bits per heavy atom. The second kappa shape index (κ2) is 6.95. The second-order valence-electron chi connectivity index (χ2n) is 5.41. The number of benzene rings is 1. The zero-order valence-electron chi connectivity index (χ0n) is 11.9. The first kappa shape index (κ1) is 15.1. The van der Waals surface area contributed by atoms with E-state index in [1.165, 1.54) is 25.7 Å². The SMILES string of the molecule is CN(CCNC(=O)c1ccc(Cl)cc1N)C1CCCC1. The van der Waals surface area contributed by atoms with Gasteiger partial charge in [0.2, 0.25) is 0 Å². The second-order valence-corrected chi connectivity index (χ2v) is 5.84. The van der Waals surface area contributed by atoms with E-state index in [4.69, 9.17) is 17.3 Å². The van der Waals surface area contributed by atoms with Crippen molar-refractivity contribution in [3.63, 3.8) is 0 Å². The van der Waals surface area contributed by atoms with Crippen LogP contribution in [0.5, 0.6) is 0 Å². The first-order valence-electron chi connectivity index (χ1n) is 7.11. The lowest BCUT2D eigenvalue weighted by Crippen LogP contribution is -2.37. The molecule has 1 aliphatic carbocycles. The normalized spacial score (nSPS) is 15.8. The van der Waals surface area contributed by atoms with Crippen molar-refractivity contribution in [2.75, 3.05) is 25.9 Å². The molecule has 1 aromatic rings. The Balaban J connectivity index is 1.80. The van der Waals surface area contributed by atoms with Gasteiger partial charge in [0.05, 0.1) is 5.56 Å². The molecule has 1 saturated carbocycles. The molecule has 0 aromatic heterocycles. The number of nitrogen functional groups attached to an aromatic ring is 1. The number of carbonyl (C=O) groups is 1. The van der Waals surface area contributed by atoms with Crippen molar-refractivity contribution in [2.24, 2.45) is 0 Å². The molecular weight excluding hydrogens is 274 g/mol. The highest BCUT2D eigenvalue weighted by molar-refractivity contribution is 6.31. The van der Waals surface area contributed by atoms with Crippen LogP contribution in [-0.4, -0.2) is 37.0 Å². The number of nitrogens with zero attached hydrogens (tertiary/aromatic N) is 1. The number of anilines is 1. The van der Waals surface area contributed by atoms with E-state index >= 15 is 0 Å². The van der Waals surface area contributed by atoms with Crippen LogP contribution in [0.25, 0.3) is 0 Å². The molecule has 0 unspecified atom stereocenters. The molecule has 0 bridgehead atoms. The maximum atomic E-state index is 12.0. The molecule has 0 spiro atoms. The third-order valence-corrected chi connectivity index (χ3v) is 4.19. The molecule has 110 valence electrons. The quantitative estimate of drug-likeness (QED) is 0.821. The first-order valence-corrected chi connectivity index (χ1v) is 7.49. The number of nitrogens with two attached hydrogens (primary N) is 1. The Morgan fingerprint density at radius 2 is 2.15 bits per heavy atom. The summed E-state index contributed by atoms with van der Waals surface area (Å²) in [6, 6.07) is 5.61. The van der Waals surface area contributed by atoms with E-state index in [0.29, 0.717) is 28.9 Å². The van der Waals surface area contributed by atoms with E-state index in [-0.39, 0.29) is 5.91 Å². The summed E-state index contributed by atoms with van der Waals surface area (Å²) < 4.78 is 0. The predicted molar refractivity (Wildman–Crippen MR) is 83.1 cm³/mol. The summed E-state index contributed by atoms with van der Waals surface area (Å²) in [6.07, 6.45) is 5.19. The van der Waals surface area contributed by atoms with E-state index in [0.717, 1.165) is 6.54 Å². The van der Waals surface area contributed by atoms with Gasteiger partial charge in [-0.2, -0.15) is 0 Å². The number of halogens is 1. The smallest absolute Gasteiger partial charge is 0.253 e. The molecule has 5 heteroatoms. The van der Waals surface area contributed by atoms with Gasteiger partial charge in [0.25, 0.3) is 5.91 Å². The van der Waals surface area contributed by atoms with Gasteiger partial charge in [-0.1, -0.05) is 24.4 Å². The molecule has 0 saturated heterocycles. The van der Waals surface area contributed by atoms with Gasteiger partial charge in [0.1, 0.15) is 0 Å². The van der Waals surface area contributed by atoms with E-state index in [9.17, 15) is 4.79 Å².